The highest BCUT2D eigenvalue weighted by Crippen LogP contribution is 2.27. The number of nitrogens with two attached hydrogens (primary N) is 1. The topological polar surface area (TPSA) is 72.6 Å². The summed E-state index contributed by atoms with van der Waals surface area (Å²) in [6.07, 6.45) is -0.00958. The van der Waals surface area contributed by atoms with Crippen molar-refractivity contribution in [1.82, 2.24) is 4.31 Å². The largest absolute Gasteiger partial charge is 0.399 e. The average Bonchev–Trinajstić information content (AvgIpc) is 2.32. The summed E-state index contributed by atoms with van der Waals surface area (Å²) in [7, 11) is -2.66. The van der Waals surface area contributed by atoms with Crippen molar-refractivity contribution >= 4 is 27.3 Å². The second kappa shape index (κ2) is 6.71. The summed E-state index contributed by atoms with van der Waals surface area (Å²) in [6, 6.07) is 2.22. The van der Waals surface area contributed by atoms with Gasteiger partial charge in [-0.2, -0.15) is 4.31 Å². The Morgan fingerprint density at radius 3 is 2.60 bits per heavy atom. The molecule has 0 radical (unpaired) electrons. The quantitative estimate of drug-likeness (QED) is 0.813. The van der Waals surface area contributed by atoms with Crippen molar-refractivity contribution in [2.45, 2.75) is 24.8 Å². The van der Waals surface area contributed by atoms with Crippen LogP contribution in [0.4, 0.5) is 10.1 Å². The SMILES string of the molecule is CC(C)OCCN(C)S(=O)(=O)c1cc(N)cc(Cl)c1F. The molecule has 0 saturated heterocycles. The number of hydrogen-bond acceptors (Lipinski definition) is 4. The van der Waals surface area contributed by atoms with Gasteiger partial charge < -0.3 is 10.5 Å². The van der Waals surface area contributed by atoms with Gasteiger partial charge in [-0.1, -0.05) is 11.6 Å². The maximum absolute atomic E-state index is 13.9. The molecule has 0 fully saturated rings. The highest BCUT2D eigenvalue weighted by molar-refractivity contribution is 7.89. The number of halogens is 2. The van der Waals surface area contributed by atoms with E-state index in [1.54, 1.807) is 0 Å². The number of nitrogens with zero attached hydrogens (tertiary/aromatic N) is 1. The van der Waals surface area contributed by atoms with Crippen molar-refractivity contribution in [3.05, 3.63) is 23.0 Å². The van der Waals surface area contributed by atoms with E-state index in [4.69, 9.17) is 22.1 Å². The average molecular weight is 325 g/mol. The Balaban J connectivity index is 2.99. The van der Waals surface area contributed by atoms with Crippen molar-refractivity contribution in [1.29, 1.82) is 0 Å². The molecule has 0 spiro atoms. The molecule has 0 aliphatic heterocycles. The summed E-state index contributed by atoms with van der Waals surface area (Å²) in [5.41, 5.74) is 5.59. The molecule has 0 aliphatic rings. The molecule has 0 atom stereocenters. The third kappa shape index (κ3) is 4.05. The highest BCUT2D eigenvalue weighted by Gasteiger charge is 2.26. The fourth-order valence-corrected chi connectivity index (χ4v) is 3.03. The Kier molecular flexibility index (Phi) is 5.76. The van der Waals surface area contributed by atoms with E-state index in [1.807, 2.05) is 13.8 Å². The standard InChI is InChI=1S/C12H18ClFN2O3S/c1-8(2)19-5-4-16(3)20(17,18)11-7-9(15)6-10(13)12(11)14/h6-8H,4-5,15H2,1-3H3. The molecule has 0 aliphatic carbocycles. The smallest absolute Gasteiger partial charge is 0.245 e. The third-order valence-electron chi connectivity index (χ3n) is 2.56. The monoisotopic (exact) mass is 324 g/mol. The summed E-state index contributed by atoms with van der Waals surface area (Å²) in [6.45, 7) is 4.00. The van der Waals surface area contributed by atoms with E-state index in [0.717, 1.165) is 16.4 Å². The van der Waals surface area contributed by atoms with Gasteiger partial charge in [-0.3, -0.25) is 0 Å². The van der Waals surface area contributed by atoms with Gasteiger partial charge in [-0.05, 0) is 26.0 Å². The Hall–Kier alpha value is -0.890. The molecule has 114 valence electrons. The van der Waals surface area contributed by atoms with Crippen molar-refractivity contribution in [2.75, 3.05) is 25.9 Å². The van der Waals surface area contributed by atoms with Crippen LogP contribution in [0.1, 0.15) is 13.8 Å². The van der Waals surface area contributed by atoms with Gasteiger partial charge in [0.15, 0.2) is 5.82 Å². The van der Waals surface area contributed by atoms with Crippen LogP contribution in [-0.2, 0) is 14.8 Å². The number of nitrogen functional groups attached to an aromatic ring is 1. The first-order valence-electron chi connectivity index (χ1n) is 5.98. The van der Waals surface area contributed by atoms with Crippen LogP contribution in [0.15, 0.2) is 17.0 Å². The van der Waals surface area contributed by atoms with Crippen molar-refractivity contribution < 1.29 is 17.5 Å². The van der Waals surface area contributed by atoms with Crippen LogP contribution in [0.5, 0.6) is 0 Å². The van der Waals surface area contributed by atoms with Crippen molar-refractivity contribution in [3.8, 4) is 0 Å². The maximum Gasteiger partial charge on any atom is 0.245 e. The molecule has 2 N–H and O–H groups in total. The van der Waals surface area contributed by atoms with Crippen molar-refractivity contribution in [3.63, 3.8) is 0 Å². The third-order valence-corrected chi connectivity index (χ3v) is 4.69. The number of benzene rings is 1. The Labute approximate surface area is 123 Å². The number of ether oxygens (including phenoxy) is 1. The minimum Gasteiger partial charge on any atom is -0.399 e. The lowest BCUT2D eigenvalue weighted by molar-refractivity contribution is 0.0737. The molecular weight excluding hydrogens is 307 g/mol. The first-order chi connectivity index (χ1) is 9.16. The van der Waals surface area contributed by atoms with E-state index in [9.17, 15) is 12.8 Å². The molecule has 1 aromatic carbocycles. The van der Waals surface area contributed by atoms with Crippen LogP contribution in [0, 0.1) is 5.82 Å². The molecule has 0 heterocycles. The molecule has 1 rings (SSSR count). The molecule has 0 amide bonds. The Morgan fingerprint density at radius 2 is 2.05 bits per heavy atom. The van der Waals surface area contributed by atoms with Crippen LogP contribution < -0.4 is 5.73 Å². The van der Waals surface area contributed by atoms with Crippen LogP contribution in [0.2, 0.25) is 5.02 Å². The van der Waals surface area contributed by atoms with E-state index in [0.29, 0.717) is 0 Å². The normalized spacial score (nSPS) is 12.3. The second-order valence-electron chi connectivity index (χ2n) is 4.56. The zero-order valence-electron chi connectivity index (χ0n) is 11.6. The van der Waals surface area contributed by atoms with Gasteiger partial charge in [0.1, 0.15) is 4.90 Å². The van der Waals surface area contributed by atoms with E-state index >= 15 is 0 Å². The summed E-state index contributed by atoms with van der Waals surface area (Å²) >= 11 is 5.61. The fourth-order valence-electron chi connectivity index (χ4n) is 1.48. The zero-order chi connectivity index (χ0) is 15.5. The number of anilines is 1. The van der Waals surface area contributed by atoms with Gasteiger partial charge in [0.25, 0.3) is 0 Å². The van der Waals surface area contributed by atoms with Gasteiger partial charge in [0.2, 0.25) is 10.0 Å². The van der Waals surface area contributed by atoms with E-state index < -0.39 is 20.7 Å². The minimum atomic E-state index is -4.00. The second-order valence-corrected chi connectivity index (χ2v) is 6.98. The van der Waals surface area contributed by atoms with E-state index in [-0.39, 0.29) is 30.0 Å². The summed E-state index contributed by atoms with van der Waals surface area (Å²) in [4.78, 5) is -0.533. The van der Waals surface area contributed by atoms with Crippen LogP contribution in [-0.4, -0.2) is 39.0 Å². The lowest BCUT2D eigenvalue weighted by atomic mass is 10.3. The zero-order valence-corrected chi connectivity index (χ0v) is 13.1. The lowest BCUT2D eigenvalue weighted by Gasteiger charge is -2.19. The summed E-state index contributed by atoms with van der Waals surface area (Å²) in [5.74, 6) is -1.00. The summed E-state index contributed by atoms with van der Waals surface area (Å²) in [5, 5.41) is -0.324. The first kappa shape index (κ1) is 17.2. The van der Waals surface area contributed by atoms with Gasteiger partial charge in [0.05, 0.1) is 17.7 Å². The fraction of sp³-hybridized carbons (Fsp3) is 0.500. The molecular formula is C12H18ClFN2O3S. The molecule has 0 bridgehead atoms. The van der Waals surface area contributed by atoms with E-state index in [2.05, 4.69) is 0 Å². The van der Waals surface area contributed by atoms with E-state index in [1.165, 1.54) is 7.05 Å². The number of hydrogen-bond donors (Lipinski definition) is 1. The molecule has 0 aromatic heterocycles. The highest BCUT2D eigenvalue weighted by atomic mass is 35.5. The maximum atomic E-state index is 13.9. The minimum absolute atomic E-state index is 0.00958. The summed E-state index contributed by atoms with van der Waals surface area (Å²) < 4.78 is 44.6. The molecule has 1 aromatic rings. The molecule has 5 nitrogen and oxygen atoms in total. The van der Waals surface area contributed by atoms with Crippen LogP contribution in [0.3, 0.4) is 0 Å². The molecule has 8 heteroatoms. The number of likely N-dealkylation sites (N-methyl/N-ethyl adjacent to an activating group) is 1. The lowest BCUT2D eigenvalue weighted by Crippen LogP contribution is -2.31. The molecule has 0 unspecified atom stereocenters. The van der Waals surface area contributed by atoms with Crippen LogP contribution >= 0.6 is 11.6 Å². The molecule has 20 heavy (non-hydrogen) atoms. The van der Waals surface area contributed by atoms with Gasteiger partial charge in [0, 0.05) is 19.3 Å². The van der Waals surface area contributed by atoms with Gasteiger partial charge in [-0.25, -0.2) is 12.8 Å². The van der Waals surface area contributed by atoms with Crippen molar-refractivity contribution in [2.24, 2.45) is 0 Å². The Morgan fingerprint density at radius 1 is 1.45 bits per heavy atom. The van der Waals surface area contributed by atoms with Gasteiger partial charge >= 0.3 is 0 Å². The Bertz CT molecular complexity index is 578. The van der Waals surface area contributed by atoms with Crippen LogP contribution in [0.25, 0.3) is 0 Å². The molecule has 0 saturated carbocycles. The predicted molar refractivity (Wildman–Crippen MR) is 76.7 cm³/mol. The predicted octanol–water partition coefficient (Wildman–Crippen LogP) is 2.11. The van der Waals surface area contributed by atoms with Gasteiger partial charge in [-0.15, -0.1) is 0 Å². The number of rotatable bonds is 6. The first-order valence-corrected chi connectivity index (χ1v) is 7.80. The number of sulfonamides is 1.